The zero-order valence-corrected chi connectivity index (χ0v) is 12.3. The van der Waals surface area contributed by atoms with E-state index >= 15 is 0 Å². The average molecular weight is 254 g/mol. The van der Waals surface area contributed by atoms with Crippen molar-refractivity contribution in [2.24, 2.45) is 23.0 Å². The van der Waals surface area contributed by atoms with Gasteiger partial charge >= 0.3 is 0 Å². The van der Waals surface area contributed by atoms with E-state index in [9.17, 15) is 4.79 Å². The second-order valence-electron chi connectivity index (χ2n) is 6.12. The summed E-state index contributed by atoms with van der Waals surface area (Å²) in [4.78, 5) is 12.1. The monoisotopic (exact) mass is 254 g/mol. The number of hydrogen-bond donors (Lipinski definition) is 2. The molecule has 1 saturated carbocycles. The van der Waals surface area contributed by atoms with Gasteiger partial charge in [-0.1, -0.05) is 33.1 Å². The van der Waals surface area contributed by atoms with Crippen LogP contribution in [-0.2, 0) is 4.79 Å². The fourth-order valence-electron chi connectivity index (χ4n) is 2.69. The van der Waals surface area contributed by atoms with E-state index in [1.165, 1.54) is 32.1 Å². The molecule has 3 heteroatoms. The van der Waals surface area contributed by atoms with E-state index < -0.39 is 0 Å². The molecule has 0 aliphatic heterocycles. The summed E-state index contributed by atoms with van der Waals surface area (Å²) >= 11 is 0. The van der Waals surface area contributed by atoms with Gasteiger partial charge in [-0.25, -0.2) is 0 Å². The number of nitrogens with two attached hydrogens (primary N) is 1. The molecule has 1 aliphatic rings. The van der Waals surface area contributed by atoms with Gasteiger partial charge in [0.25, 0.3) is 0 Å². The number of carbonyl (C=O) groups is 1. The van der Waals surface area contributed by atoms with Crippen molar-refractivity contribution in [3.63, 3.8) is 0 Å². The average Bonchev–Trinajstić information content (AvgIpc) is 2.44. The molecule has 1 fully saturated rings. The summed E-state index contributed by atoms with van der Waals surface area (Å²) in [6.07, 6.45) is 7.31. The van der Waals surface area contributed by atoms with Crippen LogP contribution in [0.1, 0.15) is 59.3 Å². The quantitative estimate of drug-likeness (QED) is 0.765. The van der Waals surface area contributed by atoms with Gasteiger partial charge < -0.3 is 11.1 Å². The van der Waals surface area contributed by atoms with Gasteiger partial charge in [-0.15, -0.1) is 0 Å². The Morgan fingerprint density at radius 2 is 1.78 bits per heavy atom. The highest BCUT2D eigenvalue weighted by Crippen LogP contribution is 2.30. The van der Waals surface area contributed by atoms with Gasteiger partial charge in [0.1, 0.15) is 0 Å². The summed E-state index contributed by atoms with van der Waals surface area (Å²) in [6.45, 7) is 7.53. The maximum absolute atomic E-state index is 12.1. The van der Waals surface area contributed by atoms with Gasteiger partial charge in [0.15, 0.2) is 0 Å². The highest BCUT2D eigenvalue weighted by atomic mass is 16.2. The van der Waals surface area contributed by atoms with Gasteiger partial charge in [0.05, 0.1) is 5.41 Å². The third-order valence-corrected chi connectivity index (χ3v) is 4.87. The van der Waals surface area contributed by atoms with Crippen LogP contribution in [0.2, 0.25) is 0 Å². The molecular formula is C15H30N2O. The summed E-state index contributed by atoms with van der Waals surface area (Å²) in [6, 6.07) is 0. The summed E-state index contributed by atoms with van der Waals surface area (Å²) in [7, 11) is 0. The fourth-order valence-corrected chi connectivity index (χ4v) is 2.69. The second-order valence-corrected chi connectivity index (χ2v) is 6.12. The molecule has 0 saturated heterocycles. The largest absolute Gasteiger partial charge is 0.355 e. The van der Waals surface area contributed by atoms with Crippen LogP contribution in [0.5, 0.6) is 0 Å². The Hall–Kier alpha value is -0.570. The zero-order valence-electron chi connectivity index (χ0n) is 12.3. The van der Waals surface area contributed by atoms with Crippen molar-refractivity contribution in [1.82, 2.24) is 5.32 Å². The van der Waals surface area contributed by atoms with Gasteiger partial charge in [0.2, 0.25) is 5.91 Å². The predicted octanol–water partition coefficient (Wildman–Crippen LogP) is 2.69. The molecule has 1 rings (SSSR count). The minimum Gasteiger partial charge on any atom is -0.355 e. The molecule has 1 aliphatic carbocycles. The molecule has 18 heavy (non-hydrogen) atoms. The first-order valence-corrected chi connectivity index (χ1v) is 7.54. The number of rotatable bonds is 6. The molecular weight excluding hydrogens is 224 g/mol. The Kier molecular flexibility index (Phi) is 6.13. The number of hydrogen-bond acceptors (Lipinski definition) is 2. The number of amides is 1. The van der Waals surface area contributed by atoms with Crippen LogP contribution in [0.3, 0.4) is 0 Å². The van der Waals surface area contributed by atoms with E-state index in [0.717, 1.165) is 18.9 Å². The van der Waals surface area contributed by atoms with Gasteiger partial charge in [-0.3, -0.25) is 4.79 Å². The highest BCUT2D eigenvalue weighted by molar-refractivity contribution is 5.82. The molecule has 0 radical (unpaired) electrons. The minimum atomic E-state index is -0.388. The van der Waals surface area contributed by atoms with E-state index in [1.807, 2.05) is 13.8 Å². The third-order valence-electron chi connectivity index (χ3n) is 4.87. The van der Waals surface area contributed by atoms with Crippen molar-refractivity contribution in [2.75, 3.05) is 13.1 Å². The Morgan fingerprint density at radius 3 is 2.22 bits per heavy atom. The van der Waals surface area contributed by atoms with Gasteiger partial charge in [-0.05, 0) is 38.0 Å². The lowest BCUT2D eigenvalue weighted by Gasteiger charge is -2.30. The van der Waals surface area contributed by atoms with Crippen LogP contribution in [0.4, 0.5) is 0 Å². The van der Waals surface area contributed by atoms with E-state index in [1.54, 1.807) is 0 Å². The second kappa shape index (κ2) is 7.13. The van der Waals surface area contributed by atoms with Crippen molar-refractivity contribution >= 4 is 5.91 Å². The molecule has 1 amide bonds. The van der Waals surface area contributed by atoms with Crippen LogP contribution >= 0.6 is 0 Å². The molecule has 0 spiro atoms. The minimum absolute atomic E-state index is 0.130. The first-order chi connectivity index (χ1) is 8.55. The predicted molar refractivity (Wildman–Crippen MR) is 76.2 cm³/mol. The summed E-state index contributed by atoms with van der Waals surface area (Å²) in [5.41, 5.74) is 5.31. The third kappa shape index (κ3) is 3.98. The van der Waals surface area contributed by atoms with Crippen LogP contribution in [0, 0.1) is 17.3 Å². The molecule has 0 heterocycles. The SMILES string of the molecule is CCC1CCC(CNC(=O)C(C)(CC)CN)CC1. The Morgan fingerprint density at radius 1 is 1.22 bits per heavy atom. The van der Waals surface area contributed by atoms with Crippen molar-refractivity contribution in [3.05, 3.63) is 0 Å². The Balaban J connectivity index is 2.31. The van der Waals surface area contributed by atoms with E-state index in [2.05, 4.69) is 12.2 Å². The molecule has 3 N–H and O–H groups in total. The molecule has 0 bridgehead atoms. The lowest BCUT2D eigenvalue weighted by molar-refractivity contribution is -0.130. The molecule has 3 nitrogen and oxygen atoms in total. The first kappa shape index (κ1) is 15.5. The lowest BCUT2D eigenvalue weighted by Crippen LogP contribution is -2.45. The summed E-state index contributed by atoms with van der Waals surface area (Å²) in [5, 5.41) is 3.11. The van der Waals surface area contributed by atoms with Crippen LogP contribution in [0.15, 0.2) is 0 Å². The molecule has 1 unspecified atom stereocenters. The molecule has 0 aromatic heterocycles. The molecule has 1 atom stereocenters. The van der Waals surface area contributed by atoms with Crippen molar-refractivity contribution in [2.45, 2.75) is 59.3 Å². The molecule has 0 aromatic carbocycles. The highest BCUT2D eigenvalue weighted by Gasteiger charge is 2.30. The smallest absolute Gasteiger partial charge is 0.227 e. The van der Waals surface area contributed by atoms with Crippen molar-refractivity contribution in [3.8, 4) is 0 Å². The van der Waals surface area contributed by atoms with E-state index in [0.29, 0.717) is 12.5 Å². The van der Waals surface area contributed by atoms with Crippen molar-refractivity contribution in [1.29, 1.82) is 0 Å². The van der Waals surface area contributed by atoms with E-state index in [4.69, 9.17) is 5.73 Å². The topological polar surface area (TPSA) is 55.1 Å². The number of carbonyl (C=O) groups excluding carboxylic acids is 1. The van der Waals surface area contributed by atoms with Gasteiger partial charge in [0, 0.05) is 13.1 Å². The molecule has 106 valence electrons. The lowest BCUT2D eigenvalue weighted by atomic mass is 9.80. The maximum atomic E-state index is 12.1. The molecule has 0 aromatic rings. The summed E-state index contributed by atoms with van der Waals surface area (Å²) in [5.74, 6) is 1.72. The van der Waals surface area contributed by atoms with Crippen LogP contribution in [-0.4, -0.2) is 19.0 Å². The van der Waals surface area contributed by atoms with Gasteiger partial charge in [-0.2, -0.15) is 0 Å². The normalized spacial score (nSPS) is 27.6. The fraction of sp³-hybridized carbons (Fsp3) is 0.933. The van der Waals surface area contributed by atoms with Crippen LogP contribution < -0.4 is 11.1 Å². The standard InChI is InChI=1S/C15H30N2O/c1-4-12-6-8-13(9-7-12)10-17-14(18)15(3,5-2)11-16/h12-13H,4-11,16H2,1-3H3,(H,17,18). The van der Waals surface area contributed by atoms with E-state index in [-0.39, 0.29) is 11.3 Å². The maximum Gasteiger partial charge on any atom is 0.227 e. The van der Waals surface area contributed by atoms with Crippen molar-refractivity contribution < 1.29 is 4.79 Å². The summed E-state index contributed by atoms with van der Waals surface area (Å²) < 4.78 is 0. The first-order valence-electron chi connectivity index (χ1n) is 7.54. The Labute approximate surface area is 112 Å². The van der Waals surface area contributed by atoms with Crippen LogP contribution in [0.25, 0.3) is 0 Å². The zero-order chi connectivity index (χ0) is 13.6. The number of nitrogens with one attached hydrogen (secondary N) is 1. The Bertz CT molecular complexity index is 253.